The van der Waals surface area contributed by atoms with Gasteiger partial charge in [-0.1, -0.05) is 47.5 Å². The van der Waals surface area contributed by atoms with E-state index in [1.54, 1.807) is 0 Å². The second-order valence-electron chi connectivity index (χ2n) is 14.6. The Kier molecular flexibility index (Phi) is 13.4. The molecule has 6 rings (SSSR count). The summed E-state index contributed by atoms with van der Waals surface area (Å²) < 4.78 is 128. The monoisotopic (exact) mass is 989 g/mol. The molecule has 3 heterocycles. The summed E-state index contributed by atoms with van der Waals surface area (Å²) in [6.45, 7) is -1.21. The van der Waals surface area contributed by atoms with E-state index in [0.29, 0.717) is 23.3 Å². The number of benzene rings is 3. The van der Waals surface area contributed by atoms with Gasteiger partial charge in [-0.15, -0.1) is 0 Å². The lowest BCUT2D eigenvalue weighted by Gasteiger charge is -2.27. The highest BCUT2D eigenvalue weighted by molar-refractivity contribution is 7.89. The van der Waals surface area contributed by atoms with Gasteiger partial charge in [-0.3, -0.25) is 14.5 Å². The summed E-state index contributed by atoms with van der Waals surface area (Å²) in [6.07, 6.45) is -5.75. The molecule has 0 saturated carbocycles. The lowest BCUT2D eigenvalue weighted by Crippen LogP contribution is -2.49. The van der Waals surface area contributed by atoms with Crippen LogP contribution in [-0.4, -0.2) is 111 Å². The average molecular weight is 991 g/mol. The van der Waals surface area contributed by atoms with Crippen molar-refractivity contribution in [1.29, 1.82) is 0 Å². The van der Waals surface area contributed by atoms with E-state index in [9.17, 15) is 62.8 Å². The number of urea groups is 2. The summed E-state index contributed by atoms with van der Waals surface area (Å²) in [7, 11) is -6.73. The number of hydrogen-bond donors (Lipinski definition) is 0. The van der Waals surface area contributed by atoms with Crippen LogP contribution >= 0.6 is 23.2 Å². The van der Waals surface area contributed by atoms with Gasteiger partial charge in [-0.25, -0.2) is 58.5 Å². The molecule has 0 N–H and O–H groups in total. The fraction of sp³-hybridized carbons (Fsp3) is 0.282. The lowest BCUT2D eigenvalue weighted by atomic mass is 10.1. The zero-order valence-corrected chi connectivity index (χ0v) is 37.2. The second-order valence-corrected chi connectivity index (χ2v) is 19.3. The van der Waals surface area contributed by atoms with Crippen LogP contribution in [0.2, 0.25) is 10.0 Å². The maximum atomic E-state index is 14.0. The van der Waals surface area contributed by atoms with E-state index in [0.717, 1.165) is 40.1 Å². The Morgan fingerprint density at radius 2 is 1.32 bits per heavy atom. The summed E-state index contributed by atoms with van der Waals surface area (Å²) in [5.41, 5.74) is -1.40. The number of carbonyl (C=O) groups is 5. The molecule has 0 spiro atoms. The Morgan fingerprint density at radius 3 is 1.86 bits per heavy atom. The maximum Gasteiger partial charge on any atom is 0.419 e. The molecule has 2 aliphatic rings. The van der Waals surface area contributed by atoms with Gasteiger partial charge in [0, 0.05) is 31.2 Å². The molecule has 4 aromatic rings. The number of aryl methyl sites for hydroxylation is 1. The molecule has 2 saturated heterocycles. The first-order chi connectivity index (χ1) is 30.2. The van der Waals surface area contributed by atoms with Crippen molar-refractivity contribution in [3.8, 4) is 0 Å². The molecule has 26 heteroatoms. The normalized spacial score (nSPS) is 16.9. The molecular weight excluding hydrogens is 956 g/mol. The van der Waals surface area contributed by atoms with Crippen molar-refractivity contribution in [2.24, 2.45) is 0 Å². The predicted molar refractivity (Wildman–Crippen MR) is 224 cm³/mol. The van der Waals surface area contributed by atoms with Crippen LogP contribution in [0.5, 0.6) is 0 Å². The molecule has 7 amide bonds. The van der Waals surface area contributed by atoms with Crippen LogP contribution in [-0.2, 0) is 52.9 Å². The van der Waals surface area contributed by atoms with Gasteiger partial charge < -0.3 is 14.5 Å². The number of sulfonamides is 2. The van der Waals surface area contributed by atoms with Crippen LogP contribution < -0.4 is 14.7 Å². The van der Waals surface area contributed by atoms with E-state index in [2.05, 4.69) is 4.98 Å². The van der Waals surface area contributed by atoms with Crippen molar-refractivity contribution in [3.05, 3.63) is 117 Å². The molecule has 346 valence electrons. The number of rotatable bonds is 11. The molecule has 3 aromatic carbocycles. The fourth-order valence-electron chi connectivity index (χ4n) is 6.83. The number of alkyl halides is 3. The summed E-state index contributed by atoms with van der Waals surface area (Å²) in [5.74, 6) is -5.29. The highest BCUT2D eigenvalue weighted by Gasteiger charge is 2.51. The number of hydrogen-bond acceptors (Lipinski definition) is 11. The highest BCUT2D eigenvalue weighted by Crippen LogP contribution is 2.36. The summed E-state index contributed by atoms with van der Waals surface area (Å²) in [6, 6.07) is 6.33. The fourth-order valence-corrected chi connectivity index (χ4v) is 9.41. The third-order valence-electron chi connectivity index (χ3n) is 10.1. The summed E-state index contributed by atoms with van der Waals surface area (Å²) in [4.78, 5) is 74.9. The van der Waals surface area contributed by atoms with Gasteiger partial charge >= 0.3 is 24.3 Å². The first kappa shape index (κ1) is 48.3. The van der Waals surface area contributed by atoms with Crippen LogP contribution in [0, 0.1) is 18.6 Å². The van der Waals surface area contributed by atoms with Gasteiger partial charge in [-0.2, -0.15) is 13.2 Å². The van der Waals surface area contributed by atoms with Gasteiger partial charge in [0.2, 0.25) is 20.0 Å². The Labute approximate surface area is 377 Å². The Hall–Kier alpha value is -6.11. The second kappa shape index (κ2) is 18.0. The number of imide groups is 1. The van der Waals surface area contributed by atoms with Gasteiger partial charge in [0.15, 0.2) is 0 Å². The largest absolute Gasteiger partial charge is 0.444 e. The lowest BCUT2D eigenvalue weighted by molar-refractivity contribution is -0.137. The standard InChI is InChI=1S/C39H34Cl2F5N7O10S2/c1-21-12-24(39(44,45)46)14-33(47-21)52-31(34(54)48(2)25-8-10-29(42)27(40)15-25)18-51(37(52)57)65(61,62)20-23-7-5-6-22(13-23)19-63-38(58)53-32(17-50(36(53)56)64(4,59)60)35(55)49(3)26-9-11-30(43)28(41)16-26/h5-16,31-32H,17-20H2,1-4H3/t31-,32-/m0/s1. The SMILES string of the molecule is Cc1cc(C(F)(F)F)cc(N2C(=O)N(S(=O)(=O)Cc3cccc(COC(=O)N4C(=O)N(S(C)(=O)=O)C[C@H]4C(=O)N(C)c4ccc(F)c(Cl)c4)c3)C[C@H]2C(=O)N(C)c2ccc(F)c(Cl)c2)n1. The smallest absolute Gasteiger partial charge is 0.419 e. The molecule has 65 heavy (non-hydrogen) atoms. The molecule has 2 atom stereocenters. The summed E-state index contributed by atoms with van der Waals surface area (Å²) in [5, 5.41) is -0.750. The van der Waals surface area contributed by atoms with Crippen molar-refractivity contribution in [1.82, 2.24) is 18.5 Å². The number of carbonyl (C=O) groups excluding carboxylic acids is 5. The van der Waals surface area contributed by atoms with Gasteiger partial charge in [0.25, 0.3) is 11.8 Å². The third-order valence-corrected chi connectivity index (χ3v) is 13.5. The van der Waals surface area contributed by atoms with E-state index in [-0.39, 0.29) is 46.7 Å². The molecular formula is C39H34Cl2F5N7O10S2. The van der Waals surface area contributed by atoms with Crippen LogP contribution in [0.4, 0.5) is 53.5 Å². The number of likely N-dealkylation sites (N-methyl/N-ethyl adjacent to an activating group) is 2. The minimum Gasteiger partial charge on any atom is -0.444 e. The minimum absolute atomic E-state index is 0.00700. The number of amides is 7. The number of pyridine rings is 1. The van der Waals surface area contributed by atoms with Crippen molar-refractivity contribution in [2.75, 3.05) is 48.1 Å². The van der Waals surface area contributed by atoms with E-state index in [4.69, 9.17) is 27.9 Å². The van der Waals surface area contributed by atoms with E-state index < -0.39 is 122 Å². The van der Waals surface area contributed by atoms with Gasteiger partial charge in [-0.05, 0) is 66.6 Å². The first-order valence-corrected chi connectivity index (χ1v) is 22.8. The molecule has 17 nitrogen and oxygen atoms in total. The van der Waals surface area contributed by atoms with Crippen LogP contribution in [0.15, 0.2) is 72.8 Å². The molecule has 0 aliphatic carbocycles. The molecule has 2 aliphatic heterocycles. The molecule has 0 unspecified atom stereocenters. The van der Waals surface area contributed by atoms with Crippen LogP contribution in [0.25, 0.3) is 0 Å². The topological polar surface area (TPSA) is 195 Å². The summed E-state index contributed by atoms with van der Waals surface area (Å²) >= 11 is 11.7. The van der Waals surface area contributed by atoms with Crippen molar-refractivity contribution in [3.63, 3.8) is 0 Å². The van der Waals surface area contributed by atoms with E-state index >= 15 is 0 Å². The van der Waals surface area contributed by atoms with E-state index in [1.165, 1.54) is 51.4 Å². The molecule has 2 fully saturated rings. The predicted octanol–water partition coefficient (Wildman–Crippen LogP) is 6.16. The highest BCUT2D eigenvalue weighted by atomic mass is 35.5. The minimum atomic E-state index is -4.94. The quantitative estimate of drug-likeness (QED) is 0.156. The maximum absolute atomic E-state index is 14.0. The van der Waals surface area contributed by atoms with Crippen LogP contribution in [0.3, 0.4) is 0 Å². The van der Waals surface area contributed by atoms with Crippen LogP contribution in [0.1, 0.15) is 22.4 Å². The van der Waals surface area contributed by atoms with Gasteiger partial charge in [0.1, 0.15) is 36.1 Å². The Balaban J connectivity index is 1.23. The van der Waals surface area contributed by atoms with Gasteiger partial charge in [0.05, 0.1) is 40.7 Å². The first-order valence-electron chi connectivity index (χ1n) is 18.6. The molecule has 1 aromatic heterocycles. The van der Waals surface area contributed by atoms with E-state index in [1.807, 2.05) is 0 Å². The van der Waals surface area contributed by atoms with Crippen molar-refractivity contribution in [2.45, 2.75) is 37.5 Å². The number of anilines is 3. The number of halogens is 7. The number of nitrogens with zero attached hydrogens (tertiary/aromatic N) is 7. The van der Waals surface area contributed by atoms with Crippen molar-refractivity contribution < 1.29 is 67.5 Å². The molecule has 0 bridgehead atoms. The number of aromatic nitrogens is 1. The average Bonchev–Trinajstić information content (AvgIpc) is 3.77. The number of ether oxygens (including phenoxy) is 1. The Morgan fingerprint density at radius 1 is 0.785 bits per heavy atom. The third kappa shape index (κ3) is 10.1. The Bertz CT molecular complexity index is 2860. The molecule has 0 radical (unpaired) electrons. The zero-order valence-electron chi connectivity index (χ0n) is 34.1. The zero-order chi connectivity index (χ0) is 48.1. The van der Waals surface area contributed by atoms with Crippen molar-refractivity contribution >= 4 is 90.4 Å².